The van der Waals surface area contributed by atoms with Crippen molar-refractivity contribution in [3.05, 3.63) is 38.4 Å². The standard InChI is InChI=1S/C11H9Br2N/c1-6-3-8-10(4-7(6)2)14-5-9(12)11(8)13/h3-5H,1-2H3. The predicted molar refractivity (Wildman–Crippen MR) is 66.6 cm³/mol. The SMILES string of the molecule is Cc1cc2ncc(Br)c(Br)c2cc1C. The monoisotopic (exact) mass is 313 g/mol. The van der Waals surface area contributed by atoms with Gasteiger partial charge in [-0.15, -0.1) is 0 Å². The Morgan fingerprint density at radius 2 is 1.71 bits per heavy atom. The van der Waals surface area contributed by atoms with Gasteiger partial charge in [0.25, 0.3) is 0 Å². The van der Waals surface area contributed by atoms with Crippen molar-refractivity contribution in [1.82, 2.24) is 4.98 Å². The van der Waals surface area contributed by atoms with Crippen molar-refractivity contribution in [1.29, 1.82) is 0 Å². The number of rotatable bonds is 0. The van der Waals surface area contributed by atoms with E-state index in [9.17, 15) is 0 Å². The van der Waals surface area contributed by atoms with E-state index in [2.05, 4.69) is 62.8 Å². The molecule has 14 heavy (non-hydrogen) atoms. The lowest BCUT2D eigenvalue weighted by Gasteiger charge is -2.05. The van der Waals surface area contributed by atoms with Gasteiger partial charge in [-0.2, -0.15) is 0 Å². The minimum Gasteiger partial charge on any atom is -0.255 e. The van der Waals surface area contributed by atoms with Gasteiger partial charge in [0.2, 0.25) is 0 Å². The summed E-state index contributed by atoms with van der Waals surface area (Å²) in [5.41, 5.74) is 3.60. The molecule has 0 radical (unpaired) electrons. The minimum atomic E-state index is 0.994. The molecule has 0 bridgehead atoms. The number of pyridine rings is 1. The molecule has 0 saturated carbocycles. The molecule has 3 heteroatoms. The van der Waals surface area contributed by atoms with Crippen molar-refractivity contribution < 1.29 is 0 Å². The lowest BCUT2D eigenvalue weighted by molar-refractivity contribution is 1.31. The summed E-state index contributed by atoms with van der Waals surface area (Å²) in [5, 5.41) is 1.16. The summed E-state index contributed by atoms with van der Waals surface area (Å²) < 4.78 is 2.07. The van der Waals surface area contributed by atoms with Crippen molar-refractivity contribution in [3.63, 3.8) is 0 Å². The van der Waals surface area contributed by atoms with E-state index in [1.165, 1.54) is 11.1 Å². The zero-order chi connectivity index (χ0) is 10.3. The van der Waals surface area contributed by atoms with Gasteiger partial charge in [0.15, 0.2) is 0 Å². The normalized spacial score (nSPS) is 10.9. The largest absolute Gasteiger partial charge is 0.255 e. The fraction of sp³-hybridized carbons (Fsp3) is 0.182. The Bertz CT molecular complexity index is 506. The van der Waals surface area contributed by atoms with Crippen LogP contribution >= 0.6 is 31.9 Å². The lowest BCUT2D eigenvalue weighted by Crippen LogP contribution is -1.86. The van der Waals surface area contributed by atoms with Crippen LogP contribution in [-0.2, 0) is 0 Å². The number of hydrogen-bond donors (Lipinski definition) is 0. The number of aromatic nitrogens is 1. The minimum absolute atomic E-state index is 0.994. The molecule has 0 aliphatic carbocycles. The second-order valence-electron chi connectivity index (χ2n) is 3.37. The van der Waals surface area contributed by atoms with Crippen molar-refractivity contribution >= 4 is 42.8 Å². The third-order valence-electron chi connectivity index (χ3n) is 2.38. The van der Waals surface area contributed by atoms with Crippen LogP contribution in [0.15, 0.2) is 27.3 Å². The van der Waals surface area contributed by atoms with Gasteiger partial charge in [-0.3, -0.25) is 4.98 Å². The number of hydrogen-bond acceptors (Lipinski definition) is 1. The Labute approximate surface area is 99.8 Å². The first-order valence-corrected chi connectivity index (χ1v) is 5.89. The summed E-state index contributed by atoms with van der Waals surface area (Å²) in [6.45, 7) is 4.22. The van der Waals surface area contributed by atoms with Gasteiger partial charge in [0, 0.05) is 16.1 Å². The Morgan fingerprint density at radius 1 is 1.07 bits per heavy atom. The quantitative estimate of drug-likeness (QED) is 0.703. The molecule has 2 aromatic rings. The summed E-state index contributed by atoms with van der Waals surface area (Å²) in [4.78, 5) is 4.37. The average Bonchev–Trinajstić information content (AvgIpc) is 2.15. The van der Waals surface area contributed by atoms with Crippen LogP contribution in [0.25, 0.3) is 10.9 Å². The Morgan fingerprint density at radius 3 is 2.43 bits per heavy atom. The molecule has 72 valence electrons. The molecule has 1 aromatic heterocycles. The zero-order valence-electron chi connectivity index (χ0n) is 7.94. The number of fused-ring (bicyclic) bond motifs is 1. The smallest absolute Gasteiger partial charge is 0.0717 e. The van der Waals surface area contributed by atoms with Crippen LogP contribution in [0.4, 0.5) is 0 Å². The Kier molecular flexibility index (Phi) is 2.62. The molecule has 1 nitrogen and oxygen atoms in total. The van der Waals surface area contributed by atoms with Crippen LogP contribution in [0.1, 0.15) is 11.1 Å². The van der Waals surface area contributed by atoms with Crippen molar-refractivity contribution in [2.24, 2.45) is 0 Å². The van der Waals surface area contributed by atoms with Gasteiger partial charge in [-0.25, -0.2) is 0 Å². The van der Waals surface area contributed by atoms with E-state index in [0.29, 0.717) is 0 Å². The average molecular weight is 315 g/mol. The highest BCUT2D eigenvalue weighted by Crippen LogP contribution is 2.31. The van der Waals surface area contributed by atoms with Crippen molar-refractivity contribution in [2.45, 2.75) is 13.8 Å². The molecule has 0 aliphatic rings. The predicted octanol–water partition coefficient (Wildman–Crippen LogP) is 4.38. The van der Waals surface area contributed by atoms with Crippen LogP contribution in [0.3, 0.4) is 0 Å². The van der Waals surface area contributed by atoms with Gasteiger partial charge in [0.05, 0.1) is 9.99 Å². The maximum absolute atomic E-state index is 4.37. The molecule has 0 fully saturated rings. The van der Waals surface area contributed by atoms with Crippen LogP contribution in [0.2, 0.25) is 0 Å². The first-order valence-electron chi connectivity index (χ1n) is 4.30. The molecular formula is C11H9Br2N. The van der Waals surface area contributed by atoms with E-state index >= 15 is 0 Å². The summed E-state index contributed by atoms with van der Waals surface area (Å²) >= 11 is 7.00. The van der Waals surface area contributed by atoms with E-state index in [1.54, 1.807) is 0 Å². The molecule has 0 saturated heterocycles. The third kappa shape index (κ3) is 1.59. The topological polar surface area (TPSA) is 12.9 Å². The molecule has 0 aliphatic heterocycles. The summed E-state index contributed by atoms with van der Waals surface area (Å²) in [6, 6.07) is 4.27. The second-order valence-corrected chi connectivity index (χ2v) is 5.02. The van der Waals surface area contributed by atoms with Crippen molar-refractivity contribution in [2.75, 3.05) is 0 Å². The summed E-state index contributed by atoms with van der Waals surface area (Å²) in [6.07, 6.45) is 1.82. The maximum atomic E-state index is 4.37. The number of benzene rings is 1. The highest BCUT2D eigenvalue weighted by Gasteiger charge is 2.05. The van der Waals surface area contributed by atoms with E-state index in [4.69, 9.17) is 0 Å². The number of aryl methyl sites for hydroxylation is 2. The first kappa shape index (κ1) is 10.1. The van der Waals surface area contributed by atoms with Crippen LogP contribution in [0.5, 0.6) is 0 Å². The van der Waals surface area contributed by atoms with Gasteiger partial charge in [-0.05, 0) is 69.0 Å². The van der Waals surface area contributed by atoms with Crippen LogP contribution in [0, 0.1) is 13.8 Å². The highest BCUT2D eigenvalue weighted by molar-refractivity contribution is 9.13. The van der Waals surface area contributed by atoms with E-state index in [1.807, 2.05) is 6.20 Å². The molecule has 1 heterocycles. The highest BCUT2D eigenvalue weighted by atomic mass is 79.9. The fourth-order valence-electron chi connectivity index (χ4n) is 1.40. The van der Waals surface area contributed by atoms with Gasteiger partial charge >= 0.3 is 0 Å². The molecular weight excluding hydrogens is 306 g/mol. The zero-order valence-corrected chi connectivity index (χ0v) is 11.1. The van der Waals surface area contributed by atoms with Crippen LogP contribution < -0.4 is 0 Å². The Balaban J connectivity index is 2.89. The molecule has 2 rings (SSSR count). The molecule has 1 aromatic carbocycles. The lowest BCUT2D eigenvalue weighted by atomic mass is 10.1. The number of halogens is 2. The molecule has 0 unspecified atom stereocenters. The van der Waals surface area contributed by atoms with Gasteiger partial charge in [-0.1, -0.05) is 0 Å². The van der Waals surface area contributed by atoms with Gasteiger partial charge in [0.1, 0.15) is 0 Å². The Hall–Kier alpha value is -0.410. The summed E-state index contributed by atoms with van der Waals surface area (Å²) in [5.74, 6) is 0. The fourth-order valence-corrected chi connectivity index (χ4v) is 2.13. The second kappa shape index (κ2) is 3.63. The maximum Gasteiger partial charge on any atom is 0.0717 e. The van der Waals surface area contributed by atoms with E-state index in [0.717, 1.165) is 19.8 Å². The summed E-state index contributed by atoms with van der Waals surface area (Å²) in [7, 11) is 0. The molecule has 0 amide bonds. The third-order valence-corrected chi connectivity index (χ3v) is 4.36. The molecule has 0 atom stereocenters. The first-order chi connectivity index (χ1) is 6.59. The van der Waals surface area contributed by atoms with E-state index in [-0.39, 0.29) is 0 Å². The van der Waals surface area contributed by atoms with Crippen molar-refractivity contribution in [3.8, 4) is 0 Å². The van der Waals surface area contributed by atoms with E-state index < -0.39 is 0 Å². The molecule has 0 N–H and O–H groups in total. The van der Waals surface area contributed by atoms with Crippen LogP contribution in [-0.4, -0.2) is 4.98 Å². The number of nitrogens with zero attached hydrogens (tertiary/aromatic N) is 1. The molecule has 0 spiro atoms. The van der Waals surface area contributed by atoms with Gasteiger partial charge < -0.3 is 0 Å².